The van der Waals surface area contributed by atoms with Gasteiger partial charge in [-0.25, -0.2) is 4.68 Å². The molecule has 4 rings (SSSR count). The maximum atomic E-state index is 12.3. The van der Waals surface area contributed by atoms with Gasteiger partial charge in [0.15, 0.2) is 6.61 Å². The zero-order chi connectivity index (χ0) is 17.9. The van der Waals surface area contributed by atoms with E-state index in [0.29, 0.717) is 11.8 Å². The third kappa shape index (κ3) is 3.46. The Balaban J connectivity index is 1.42. The number of carbonyl (C=O) groups excluding carboxylic acids is 1. The Morgan fingerprint density at radius 2 is 2.00 bits per heavy atom. The highest BCUT2D eigenvalue weighted by molar-refractivity contribution is 9.10. The van der Waals surface area contributed by atoms with Gasteiger partial charge < -0.3 is 10.1 Å². The minimum atomic E-state index is -0.190. The van der Waals surface area contributed by atoms with Crippen molar-refractivity contribution >= 4 is 38.4 Å². The predicted molar refractivity (Wildman–Crippen MR) is 106 cm³/mol. The van der Waals surface area contributed by atoms with E-state index in [9.17, 15) is 4.79 Å². The summed E-state index contributed by atoms with van der Waals surface area (Å²) in [6.07, 6.45) is 6.40. The van der Waals surface area contributed by atoms with Crippen molar-refractivity contribution in [3.8, 4) is 5.75 Å². The molecule has 0 spiro atoms. The van der Waals surface area contributed by atoms with Gasteiger partial charge in [0.2, 0.25) is 0 Å². The molecule has 0 bridgehead atoms. The van der Waals surface area contributed by atoms with Crippen LogP contribution in [0, 0.1) is 0 Å². The minimum Gasteiger partial charge on any atom is -0.483 e. The fourth-order valence-corrected chi connectivity index (χ4v) is 4.11. The number of ether oxygens (including phenoxy) is 1. The second-order valence-corrected chi connectivity index (χ2v) is 7.33. The van der Waals surface area contributed by atoms with E-state index >= 15 is 0 Å². The summed E-state index contributed by atoms with van der Waals surface area (Å²) in [6, 6.07) is 14.1. The number of fused-ring (bicyclic) bond motifs is 1. The Kier molecular flexibility index (Phi) is 4.93. The molecule has 1 N–H and O–H groups in total. The SMILES string of the molecule is O=C(COc1ccc2ccccc2c1Br)Nc1ccnn1C1CCCC1. The lowest BCUT2D eigenvalue weighted by Gasteiger charge is -2.15. The van der Waals surface area contributed by atoms with E-state index in [1.54, 1.807) is 6.20 Å². The van der Waals surface area contributed by atoms with E-state index in [-0.39, 0.29) is 12.5 Å². The van der Waals surface area contributed by atoms with E-state index in [0.717, 1.165) is 33.9 Å². The van der Waals surface area contributed by atoms with Crippen molar-refractivity contribution in [2.24, 2.45) is 0 Å². The number of hydrogen-bond donors (Lipinski definition) is 1. The molecule has 1 aliphatic rings. The Labute approximate surface area is 160 Å². The molecule has 6 heteroatoms. The monoisotopic (exact) mass is 413 g/mol. The van der Waals surface area contributed by atoms with E-state index < -0.39 is 0 Å². The summed E-state index contributed by atoms with van der Waals surface area (Å²) in [5, 5.41) is 9.47. The lowest BCUT2D eigenvalue weighted by atomic mass is 10.1. The van der Waals surface area contributed by atoms with Crippen molar-refractivity contribution in [1.82, 2.24) is 9.78 Å². The summed E-state index contributed by atoms with van der Waals surface area (Å²) in [5.41, 5.74) is 0. The second-order valence-electron chi connectivity index (χ2n) is 6.53. The van der Waals surface area contributed by atoms with Crippen molar-refractivity contribution in [3.05, 3.63) is 53.1 Å². The third-order valence-corrected chi connectivity index (χ3v) is 5.61. The number of halogens is 1. The number of carbonyl (C=O) groups is 1. The zero-order valence-electron chi connectivity index (χ0n) is 14.3. The van der Waals surface area contributed by atoms with Crippen molar-refractivity contribution < 1.29 is 9.53 Å². The van der Waals surface area contributed by atoms with Crippen molar-refractivity contribution in [2.75, 3.05) is 11.9 Å². The Hall–Kier alpha value is -2.34. The summed E-state index contributed by atoms with van der Waals surface area (Å²) in [6.45, 7) is -0.0488. The van der Waals surface area contributed by atoms with Gasteiger partial charge in [-0.15, -0.1) is 0 Å². The van der Waals surface area contributed by atoms with Crippen molar-refractivity contribution in [2.45, 2.75) is 31.7 Å². The second kappa shape index (κ2) is 7.50. The van der Waals surface area contributed by atoms with E-state index in [2.05, 4.69) is 26.3 Å². The molecule has 1 aliphatic carbocycles. The zero-order valence-corrected chi connectivity index (χ0v) is 15.9. The van der Waals surface area contributed by atoms with Crippen molar-refractivity contribution in [3.63, 3.8) is 0 Å². The average molecular weight is 414 g/mol. The number of nitrogens with zero attached hydrogens (tertiary/aromatic N) is 2. The number of amides is 1. The fourth-order valence-electron chi connectivity index (χ4n) is 3.50. The fraction of sp³-hybridized carbons (Fsp3) is 0.300. The molecule has 0 radical (unpaired) electrons. The molecule has 0 atom stereocenters. The van der Waals surface area contributed by atoms with Crippen LogP contribution >= 0.6 is 15.9 Å². The largest absolute Gasteiger partial charge is 0.483 e. The number of rotatable bonds is 5. The standard InChI is InChI=1S/C20H20BrN3O2/c21-20-16-8-4-1-5-14(16)9-10-17(20)26-13-19(25)23-18-11-12-22-24(18)15-6-2-3-7-15/h1,4-5,8-12,15H,2-3,6-7,13H2,(H,23,25). The number of aromatic nitrogens is 2. The van der Waals surface area contributed by atoms with E-state index in [1.807, 2.05) is 47.1 Å². The molecule has 1 amide bonds. The number of hydrogen-bond acceptors (Lipinski definition) is 3. The molecule has 5 nitrogen and oxygen atoms in total. The van der Waals surface area contributed by atoms with Crippen LogP contribution in [-0.2, 0) is 4.79 Å². The van der Waals surface area contributed by atoms with E-state index in [1.165, 1.54) is 12.8 Å². The Morgan fingerprint density at radius 1 is 1.19 bits per heavy atom. The van der Waals surface area contributed by atoms with Gasteiger partial charge in [-0.05, 0) is 45.6 Å². The molecule has 1 saturated carbocycles. The first-order valence-electron chi connectivity index (χ1n) is 8.86. The van der Waals surface area contributed by atoms with Crippen LogP contribution in [0.15, 0.2) is 53.1 Å². The topological polar surface area (TPSA) is 56.1 Å². The smallest absolute Gasteiger partial charge is 0.263 e. The molecule has 0 aliphatic heterocycles. The summed E-state index contributed by atoms with van der Waals surface area (Å²) in [4.78, 5) is 12.3. The molecule has 3 aromatic rings. The summed E-state index contributed by atoms with van der Waals surface area (Å²) >= 11 is 3.58. The van der Waals surface area contributed by atoms with Gasteiger partial charge in [-0.1, -0.05) is 43.2 Å². The summed E-state index contributed by atoms with van der Waals surface area (Å²) < 4.78 is 8.52. The van der Waals surface area contributed by atoms with Gasteiger partial charge >= 0.3 is 0 Å². The predicted octanol–water partition coefficient (Wildman–Crippen LogP) is 4.93. The van der Waals surface area contributed by atoms with Crippen LogP contribution < -0.4 is 10.1 Å². The molecule has 1 heterocycles. The van der Waals surface area contributed by atoms with Crippen LogP contribution in [0.1, 0.15) is 31.7 Å². The number of benzene rings is 2. The minimum absolute atomic E-state index is 0.0488. The molecule has 2 aromatic carbocycles. The molecule has 1 fully saturated rings. The number of anilines is 1. The highest BCUT2D eigenvalue weighted by Crippen LogP contribution is 2.33. The maximum Gasteiger partial charge on any atom is 0.263 e. The maximum absolute atomic E-state index is 12.3. The van der Waals surface area contributed by atoms with Gasteiger partial charge in [0.1, 0.15) is 11.6 Å². The van der Waals surface area contributed by atoms with Crippen LogP contribution in [0.2, 0.25) is 0 Å². The highest BCUT2D eigenvalue weighted by Gasteiger charge is 2.20. The van der Waals surface area contributed by atoms with Gasteiger partial charge in [-0.3, -0.25) is 4.79 Å². The van der Waals surface area contributed by atoms with Crippen LogP contribution in [0.25, 0.3) is 10.8 Å². The van der Waals surface area contributed by atoms with Gasteiger partial charge in [0, 0.05) is 6.07 Å². The first-order valence-corrected chi connectivity index (χ1v) is 9.65. The Morgan fingerprint density at radius 3 is 2.85 bits per heavy atom. The van der Waals surface area contributed by atoms with Crippen LogP contribution in [-0.4, -0.2) is 22.3 Å². The quantitative estimate of drug-likeness (QED) is 0.644. The van der Waals surface area contributed by atoms with Gasteiger partial charge in [0.05, 0.1) is 16.7 Å². The lowest BCUT2D eigenvalue weighted by Crippen LogP contribution is -2.23. The molecule has 134 valence electrons. The summed E-state index contributed by atoms with van der Waals surface area (Å²) in [5.74, 6) is 1.20. The first-order chi connectivity index (χ1) is 12.7. The van der Waals surface area contributed by atoms with Gasteiger partial charge in [-0.2, -0.15) is 5.10 Å². The Bertz CT molecular complexity index is 932. The average Bonchev–Trinajstić information content (AvgIpc) is 3.33. The number of nitrogens with one attached hydrogen (secondary N) is 1. The molecule has 0 unspecified atom stereocenters. The molecular formula is C20H20BrN3O2. The molecule has 0 saturated heterocycles. The molecule has 1 aromatic heterocycles. The summed E-state index contributed by atoms with van der Waals surface area (Å²) in [7, 11) is 0. The van der Waals surface area contributed by atoms with Gasteiger partial charge in [0.25, 0.3) is 5.91 Å². The third-order valence-electron chi connectivity index (χ3n) is 4.79. The molecular weight excluding hydrogens is 394 g/mol. The molecule has 26 heavy (non-hydrogen) atoms. The van der Waals surface area contributed by atoms with Crippen LogP contribution in [0.5, 0.6) is 5.75 Å². The first kappa shape index (κ1) is 17.1. The van der Waals surface area contributed by atoms with Crippen molar-refractivity contribution in [1.29, 1.82) is 0 Å². The normalized spacial score (nSPS) is 14.7. The van der Waals surface area contributed by atoms with Crippen LogP contribution in [0.3, 0.4) is 0 Å². The highest BCUT2D eigenvalue weighted by atomic mass is 79.9. The van der Waals surface area contributed by atoms with Crippen LogP contribution in [0.4, 0.5) is 5.82 Å². The van der Waals surface area contributed by atoms with E-state index in [4.69, 9.17) is 4.74 Å². The lowest BCUT2D eigenvalue weighted by molar-refractivity contribution is -0.118.